The highest BCUT2D eigenvalue weighted by molar-refractivity contribution is 7.89. The maximum absolute atomic E-state index is 12.7. The molecule has 3 rings (SSSR count). The quantitative estimate of drug-likeness (QED) is 0.845. The van der Waals surface area contributed by atoms with E-state index in [-0.39, 0.29) is 11.4 Å². The zero-order chi connectivity index (χ0) is 15.0. The third kappa shape index (κ3) is 2.86. The molecule has 21 heavy (non-hydrogen) atoms. The molecule has 2 aliphatic rings. The van der Waals surface area contributed by atoms with E-state index < -0.39 is 10.0 Å². The molecule has 1 aliphatic carbocycles. The van der Waals surface area contributed by atoms with Crippen molar-refractivity contribution in [2.24, 2.45) is 7.05 Å². The molecule has 1 atom stereocenters. The van der Waals surface area contributed by atoms with Crippen molar-refractivity contribution in [3.8, 4) is 0 Å². The van der Waals surface area contributed by atoms with Gasteiger partial charge in [0, 0.05) is 26.3 Å². The molecule has 0 N–H and O–H groups in total. The van der Waals surface area contributed by atoms with Gasteiger partial charge in [0.15, 0.2) is 0 Å². The van der Waals surface area contributed by atoms with E-state index in [4.69, 9.17) is 4.74 Å². The van der Waals surface area contributed by atoms with Crippen molar-refractivity contribution in [2.75, 3.05) is 19.7 Å². The summed E-state index contributed by atoms with van der Waals surface area (Å²) in [5, 5.41) is -0.195. The first-order valence-corrected chi connectivity index (χ1v) is 9.09. The SMILES string of the molecule is Cc1cn(C)c([C@@H]2CN(S(=O)(=O)C3CCCC3)CCO2)n1. The molecular weight excluding hydrogens is 290 g/mol. The van der Waals surface area contributed by atoms with Gasteiger partial charge in [0.1, 0.15) is 11.9 Å². The van der Waals surface area contributed by atoms with Gasteiger partial charge in [0.25, 0.3) is 0 Å². The summed E-state index contributed by atoms with van der Waals surface area (Å²) in [4.78, 5) is 4.46. The molecule has 2 heterocycles. The van der Waals surface area contributed by atoms with E-state index >= 15 is 0 Å². The molecule has 0 spiro atoms. The average molecular weight is 313 g/mol. The van der Waals surface area contributed by atoms with Crippen LogP contribution in [-0.2, 0) is 21.8 Å². The maximum Gasteiger partial charge on any atom is 0.217 e. The Hall–Kier alpha value is -0.920. The second kappa shape index (κ2) is 5.70. The summed E-state index contributed by atoms with van der Waals surface area (Å²) in [7, 11) is -1.27. The highest BCUT2D eigenvalue weighted by Crippen LogP contribution is 2.30. The first-order chi connectivity index (χ1) is 9.98. The molecule has 1 aromatic heterocycles. The van der Waals surface area contributed by atoms with Crippen LogP contribution in [0.25, 0.3) is 0 Å². The van der Waals surface area contributed by atoms with Gasteiger partial charge in [-0.25, -0.2) is 13.4 Å². The summed E-state index contributed by atoms with van der Waals surface area (Å²) in [6.45, 7) is 3.20. The van der Waals surface area contributed by atoms with Gasteiger partial charge in [-0.1, -0.05) is 12.8 Å². The molecule has 2 fully saturated rings. The van der Waals surface area contributed by atoms with Gasteiger partial charge in [-0.3, -0.25) is 0 Å². The standard InChI is InChI=1S/C14H23N3O3S/c1-11-9-16(2)14(15-11)13-10-17(7-8-20-13)21(18,19)12-5-3-4-6-12/h9,12-13H,3-8,10H2,1-2H3/t13-/m0/s1. The Kier molecular flexibility index (Phi) is 4.07. The Morgan fingerprint density at radius 2 is 2.05 bits per heavy atom. The van der Waals surface area contributed by atoms with Crippen molar-refractivity contribution in [3.63, 3.8) is 0 Å². The first-order valence-electron chi connectivity index (χ1n) is 7.59. The molecule has 0 aromatic carbocycles. The number of ether oxygens (including phenoxy) is 1. The van der Waals surface area contributed by atoms with Crippen LogP contribution >= 0.6 is 0 Å². The Morgan fingerprint density at radius 3 is 2.67 bits per heavy atom. The van der Waals surface area contributed by atoms with E-state index in [1.807, 2.05) is 24.7 Å². The van der Waals surface area contributed by atoms with Crippen molar-refractivity contribution >= 4 is 10.0 Å². The van der Waals surface area contributed by atoms with Crippen LogP contribution < -0.4 is 0 Å². The summed E-state index contributed by atoms with van der Waals surface area (Å²) in [6, 6.07) is 0. The van der Waals surface area contributed by atoms with Crippen molar-refractivity contribution in [3.05, 3.63) is 17.7 Å². The number of aromatic nitrogens is 2. The molecule has 118 valence electrons. The van der Waals surface area contributed by atoms with Gasteiger partial charge >= 0.3 is 0 Å². The maximum atomic E-state index is 12.7. The van der Waals surface area contributed by atoms with Crippen LogP contribution in [0.2, 0.25) is 0 Å². The molecule has 0 radical (unpaired) electrons. The minimum Gasteiger partial charge on any atom is -0.368 e. The lowest BCUT2D eigenvalue weighted by atomic mass is 10.3. The van der Waals surface area contributed by atoms with E-state index in [1.54, 1.807) is 4.31 Å². The van der Waals surface area contributed by atoms with E-state index in [0.717, 1.165) is 37.2 Å². The summed E-state index contributed by atoms with van der Waals surface area (Å²) in [5.41, 5.74) is 0.923. The normalized spacial score (nSPS) is 25.5. The molecule has 1 saturated carbocycles. The number of hydrogen-bond donors (Lipinski definition) is 0. The lowest BCUT2D eigenvalue weighted by molar-refractivity contribution is -0.00919. The fraction of sp³-hybridized carbons (Fsp3) is 0.786. The zero-order valence-corrected chi connectivity index (χ0v) is 13.5. The molecule has 6 nitrogen and oxygen atoms in total. The van der Waals surface area contributed by atoms with Gasteiger partial charge in [-0.15, -0.1) is 0 Å². The molecular formula is C14H23N3O3S. The molecule has 0 unspecified atom stereocenters. The molecule has 1 aromatic rings. The molecule has 0 amide bonds. The minimum absolute atomic E-state index is 0.195. The number of imidazole rings is 1. The number of hydrogen-bond acceptors (Lipinski definition) is 4. The van der Waals surface area contributed by atoms with E-state index in [1.165, 1.54) is 0 Å². The van der Waals surface area contributed by atoms with E-state index in [2.05, 4.69) is 4.98 Å². The molecule has 7 heteroatoms. The average Bonchev–Trinajstić information content (AvgIpc) is 3.09. The van der Waals surface area contributed by atoms with Gasteiger partial charge < -0.3 is 9.30 Å². The Balaban J connectivity index is 1.78. The summed E-state index contributed by atoms with van der Waals surface area (Å²) < 4.78 is 34.7. The Morgan fingerprint density at radius 1 is 1.33 bits per heavy atom. The van der Waals surface area contributed by atoms with Crippen LogP contribution in [0.5, 0.6) is 0 Å². The predicted octanol–water partition coefficient (Wildman–Crippen LogP) is 1.37. The van der Waals surface area contributed by atoms with Crippen molar-refractivity contribution in [1.29, 1.82) is 0 Å². The lowest BCUT2D eigenvalue weighted by Gasteiger charge is -2.33. The number of morpholine rings is 1. The third-order valence-corrected chi connectivity index (χ3v) is 6.80. The first kappa shape index (κ1) is 15.0. The fourth-order valence-corrected chi connectivity index (χ4v) is 5.37. The van der Waals surface area contributed by atoms with Crippen LogP contribution in [0.4, 0.5) is 0 Å². The van der Waals surface area contributed by atoms with Gasteiger partial charge in [-0.05, 0) is 19.8 Å². The predicted molar refractivity (Wildman–Crippen MR) is 79.4 cm³/mol. The van der Waals surface area contributed by atoms with Crippen molar-refractivity contribution < 1.29 is 13.2 Å². The summed E-state index contributed by atoms with van der Waals surface area (Å²) >= 11 is 0. The number of nitrogens with zero attached hydrogens (tertiary/aromatic N) is 3. The smallest absolute Gasteiger partial charge is 0.217 e. The number of sulfonamides is 1. The second-order valence-corrected chi connectivity index (χ2v) is 8.23. The monoisotopic (exact) mass is 313 g/mol. The van der Waals surface area contributed by atoms with Crippen molar-refractivity contribution in [1.82, 2.24) is 13.9 Å². The summed E-state index contributed by atoms with van der Waals surface area (Å²) in [5.74, 6) is 0.804. The molecule has 0 bridgehead atoms. The van der Waals surface area contributed by atoms with Gasteiger partial charge in [-0.2, -0.15) is 4.31 Å². The zero-order valence-electron chi connectivity index (χ0n) is 12.7. The van der Waals surface area contributed by atoms with Crippen molar-refractivity contribution in [2.45, 2.75) is 44.0 Å². The Labute approximate surface area is 126 Å². The van der Waals surface area contributed by atoms with Crippen LogP contribution in [0.3, 0.4) is 0 Å². The highest BCUT2D eigenvalue weighted by Gasteiger charge is 2.38. The highest BCUT2D eigenvalue weighted by atomic mass is 32.2. The van der Waals surface area contributed by atoms with E-state index in [0.29, 0.717) is 19.7 Å². The van der Waals surface area contributed by atoms with Crippen LogP contribution in [0.1, 0.15) is 43.3 Å². The van der Waals surface area contributed by atoms with Crippen LogP contribution in [0.15, 0.2) is 6.20 Å². The molecule has 1 aliphatic heterocycles. The number of aryl methyl sites for hydroxylation is 2. The van der Waals surface area contributed by atoms with Gasteiger partial charge in [0.05, 0.1) is 17.6 Å². The third-order valence-electron chi connectivity index (χ3n) is 4.43. The second-order valence-electron chi connectivity index (χ2n) is 6.02. The molecule has 1 saturated heterocycles. The van der Waals surface area contributed by atoms with E-state index in [9.17, 15) is 8.42 Å². The van der Waals surface area contributed by atoms with Gasteiger partial charge in [0.2, 0.25) is 10.0 Å². The Bertz CT molecular complexity index is 605. The topological polar surface area (TPSA) is 64.4 Å². The summed E-state index contributed by atoms with van der Waals surface area (Å²) in [6.07, 6.45) is 5.31. The number of rotatable bonds is 3. The van der Waals surface area contributed by atoms with Crippen LogP contribution in [0, 0.1) is 6.92 Å². The lowest BCUT2D eigenvalue weighted by Crippen LogP contribution is -2.46. The van der Waals surface area contributed by atoms with Crippen LogP contribution in [-0.4, -0.2) is 47.2 Å². The minimum atomic E-state index is -3.19. The fourth-order valence-electron chi connectivity index (χ4n) is 3.34. The largest absolute Gasteiger partial charge is 0.368 e.